The Kier molecular flexibility index (Phi) is 9.93. The van der Waals surface area contributed by atoms with Gasteiger partial charge in [-0.1, -0.05) is 24.0 Å². The summed E-state index contributed by atoms with van der Waals surface area (Å²) in [6.45, 7) is 1.25. The second kappa shape index (κ2) is 13.4. The number of hydrogen-bond acceptors (Lipinski definition) is 9. The van der Waals surface area contributed by atoms with E-state index >= 15 is 0 Å². The van der Waals surface area contributed by atoms with Gasteiger partial charge in [0.15, 0.2) is 19.7 Å². The highest BCUT2D eigenvalue weighted by atomic mass is 32.2. The Bertz CT molecular complexity index is 1810. The molecule has 1 saturated heterocycles. The van der Waals surface area contributed by atoms with Crippen molar-refractivity contribution in [1.29, 1.82) is 0 Å². The van der Waals surface area contributed by atoms with Crippen LogP contribution in [0.3, 0.4) is 0 Å². The molecule has 244 valence electrons. The van der Waals surface area contributed by atoms with Crippen molar-refractivity contribution in [2.24, 2.45) is 0 Å². The highest BCUT2D eigenvalue weighted by Crippen LogP contribution is 2.40. The Labute approximate surface area is 266 Å². The molecule has 1 saturated carbocycles. The first-order valence-corrected chi connectivity index (χ1v) is 19.2. The molecule has 2 N–H and O–H groups in total. The van der Waals surface area contributed by atoms with Crippen molar-refractivity contribution in [2.45, 2.75) is 55.3 Å². The molecule has 0 bridgehead atoms. The Morgan fingerprint density at radius 2 is 1.78 bits per heavy atom. The molecular weight excluding hydrogens is 648 g/mol. The van der Waals surface area contributed by atoms with Gasteiger partial charge in [-0.25, -0.2) is 16.8 Å². The number of benzene rings is 2. The predicted molar refractivity (Wildman–Crippen MR) is 173 cm³/mol. The van der Waals surface area contributed by atoms with Crippen molar-refractivity contribution >= 4 is 52.5 Å². The molecule has 1 aromatic heterocycles. The average molecular weight is 684 g/mol. The topological polar surface area (TPSA) is 105 Å². The fraction of sp³-hybridized carbons (Fsp3) is 0.484. The molecule has 8 nitrogen and oxygen atoms in total. The highest BCUT2D eigenvalue weighted by molar-refractivity contribution is 7.91. The van der Waals surface area contributed by atoms with Crippen molar-refractivity contribution < 1.29 is 34.7 Å². The average Bonchev–Trinajstić information content (AvgIpc) is 3.32. The Balaban J connectivity index is 1.31. The summed E-state index contributed by atoms with van der Waals surface area (Å²) >= 11 is 1.24. The van der Waals surface area contributed by atoms with E-state index in [-0.39, 0.29) is 34.6 Å². The SMILES string of the molecule is COc1cc(S(C)(=O)=O)ccc1NCC#Cc1sc2c(NC3CCC(N4CCS(=O)(=O)CC4)CC3)cccc2c1CC(F)(F)F. The van der Waals surface area contributed by atoms with E-state index in [0.717, 1.165) is 42.3 Å². The Hall–Kier alpha value is -2.99. The maximum Gasteiger partial charge on any atom is 0.393 e. The molecule has 0 radical (unpaired) electrons. The third kappa shape index (κ3) is 8.44. The van der Waals surface area contributed by atoms with E-state index in [2.05, 4.69) is 27.4 Å². The molecule has 1 aliphatic heterocycles. The van der Waals surface area contributed by atoms with Crippen molar-refractivity contribution in [3.8, 4) is 17.6 Å². The van der Waals surface area contributed by atoms with E-state index in [0.29, 0.717) is 40.8 Å². The zero-order valence-electron chi connectivity index (χ0n) is 25.0. The minimum atomic E-state index is -4.41. The van der Waals surface area contributed by atoms with Crippen molar-refractivity contribution in [3.05, 3.63) is 46.8 Å². The van der Waals surface area contributed by atoms with Crippen LogP contribution in [0.15, 0.2) is 41.3 Å². The van der Waals surface area contributed by atoms with Crippen LogP contribution in [0.2, 0.25) is 0 Å². The number of fused-ring (bicyclic) bond motifs is 1. The van der Waals surface area contributed by atoms with Crippen LogP contribution in [-0.2, 0) is 26.1 Å². The fourth-order valence-electron chi connectivity index (χ4n) is 5.97. The number of alkyl halides is 3. The number of thiophene rings is 1. The third-order valence-corrected chi connectivity index (χ3v) is 12.2. The van der Waals surface area contributed by atoms with E-state index in [1.807, 2.05) is 6.07 Å². The lowest BCUT2D eigenvalue weighted by Gasteiger charge is -2.39. The minimum absolute atomic E-state index is 0.103. The molecule has 0 atom stereocenters. The molecule has 2 fully saturated rings. The zero-order chi connectivity index (χ0) is 32.4. The first-order valence-electron chi connectivity index (χ1n) is 14.7. The number of nitrogens with zero attached hydrogens (tertiary/aromatic N) is 1. The van der Waals surface area contributed by atoms with Crippen LogP contribution in [0.4, 0.5) is 24.5 Å². The lowest BCUT2D eigenvalue weighted by molar-refractivity contribution is -0.126. The van der Waals surface area contributed by atoms with Crippen LogP contribution < -0.4 is 15.4 Å². The van der Waals surface area contributed by atoms with Gasteiger partial charge >= 0.3 is 6.18 Å². The molecular formula is C31H36F3N3O5S3. The van der Waals surface area contributed by atoms with Gasteiger partial charge in [-0.3, -0.25) is 4.90 Å². The quantitative estimate of drug-likeness (QED) is 0.307. The van der Waals surface area contributed by atoms with Gasteiger partial charge in [0, 0.05) is 37.5 Å². The van der Waals surface area contributed by atoms with Crippen molar-refractivity contribution in [3.63, 3.8) is 0 Å². The number of halogens is 3. The van der Waals surface area contributed by atoms with Crippen LogP contribution in [0.25, 0.3) is 10.1 Å². The summed E-state index contributed by atoms with van der Waals surface area (Å²) in [6.07, 6.45) is -0.760. The number of ether oxygens (including phenoxy) is 1. The van der Waals surface area contributed by atoms with Gasteiger partial charge in [-0.05, 0) is 54.8 Å². The summed E-state index contributed by atoms with van der Waals surface area (Å²) in [6, 6.07) is 10.3. The minimum Gasteiger partial charge on any atom is -0.495 e. The smallest absolute Gasteiger partial charge is 0.393 e. The Morgan fingerprint density at radius 1 is 1.07 bits per heavy atom. The lowest BCUT2D eigenvalue weighted by atomic mass is 9.90. The number of rotatable bonds is 8. The summed E-state index contributed by atoms with van der Waals surface area (Å²) in [4.78, 5) is 2.73. The second-order valence-corrected chi connectivity index (χ2v) is 16.9. The number of hydrogen-bond donors (Lipinski definition) is 2. The molecule has 3 aromatic rings. The van der Waals surface area contributed by atoms with E-state index in [9.17, 15) is 30.0 Å². The number of nitrogens with one attached hydrogen (secondary N) is 2. The maximum atomic E-state index is 13.7. The van der Waals surface area contributed by atoms with Crippen LogP contribution in [0, 0.1) is 11.8 Å². The van der Waals surface area contributed by atoms with Gasteiger partial charge < -0.3 is 15.4 Å². The standard InChI is InChI=1S/C31H36F3N3O5S3/c1-42-28-19-23(44(2,38)39)12-13-26(28)35-14-4-7-29-25(20-31(32,33)34)24-5-3-6-27(30(24)43-29)36-21-8-10-22(11-9-21)37-15-17-45(40,41)18-16-37/h3,5-6,12-13,19,21-22,35-36H,8-11,14-18,20H2,1-2H3. The molecule has 2 aromatic carbocycles. The molecule has 2 heterocycles. The van der Waals surface area contributed by atoms with Crippen LogP contribution in [0.1, 0.15) is 36.1 Å². The van der Waals surface area contributed by atoms with Gasteiger partial charge in [-0.2, -0.15) is 13.2 Å². The number of sulfone groups is 2. The second-order valence-electron chi connectivity index (χ2n) is 11.5. The lowest BCUT2D eigenvalue weighted by Crippen LogP contribution is -2.48. The zero-order valence-corrected chi connectivity index (χ0v) is 27.5. The molecule has 0 amide bonds. The summed E-state index contributed by atoms with van der Waals surface area (Å²) in [5, 5.41) is 7.16. The largest absolute Gasteiger partial charge is 0.495 e. The van der Waals surface area contributed by atoms with Crippen LogP contribution >= 0.6 is 11.3 Å². The third-order valence-electron chi connectivity index (χ3n) is 8.32. The van der Waals surface area contributed by atoms with Crippen LogP contribution in [0.5, 0.6) is 5.75 Å². The van der Waals surface area contributed by atoms with Gasteiger partial charge in [0.1, 0.15) is 5.75 Å². The molecule has 45 heavy (non-hydrogen) atoms. The molecule has 0 unspecified atom stereocenters. The summed E-state index contributed by atoms with van der Waals surface area (Å²) in [5.74, 6) is 6.59. The first-order chi connectivity index (χ1) is 21.2. The van der Waals surface area contributed by atoms with E-state index in [1.165, 1.54) is 30.6 Å². The summed E-state index contributed by atoms with van der Waals surface area (Å²) in [7, 11) is -4.93. The monoisotopic (exact) mass is 683 g/mol. The number of anilines is 2. The molecule has 1 aliphatic carbocycles. The number of methoxy groups -OCH3 is 1. The molecule has 5 rings (SSSR count). The van der Waals surface area contributed by atoms with Gasteiger partial charge in [-0.15, -0.1) is 11.3 Å². The van der Waals surface area contributed by atoms with Gasteiger partial charge in [0.25, 0.3) is 0 Å². The van der Waals surface area contributed by atoms with Gasteiger partial charge in [0.05, 0.1) is 57.4 Å². The normalized spacial score (nSPS) is 20.7. The summed E-state index contributed by atoms with van der Waals surface area (Å²) in [5.41, 5.74) is 1.45. The van der Waals surface area contributed by atoms with E-state index in [1.54, 1.807) is 18.2 Å². The van der Waals surface area contributed by atoms with Crippen LogP contribution in [-0.4, -0.2) is 84.5 Å². The molecule has 14 heteroatoms. The molecule has 0 spiro atoms. The maximum absolute atomic E-state index is 13.7. The van der Waals surface area contributed by atoms with Crippen molar-refractivity contribution in [1.82, 2.24) is 4.90 Å². The van der Waals surface area contributed by atoms with Gasteiger partial charge in [0.2, 0.25) is 0 Å². The van der Waals surface area contributed by atoms with Crippen molar-refractivity contribution in [2.75, 3.05) is 55.1 Å². The summed E-state index contributed by atoms with van der Waals surface area (Å²) < 4.78 is 94.4. The molecule has 2 aliphatic rings. The van der Waals surface area contributed by atoms with E-state index < -0.39 is 32.3 Å². The highest BCUT2D eigenvalue weighted by Gasteiger charge is 2.32. The predicted octanol–water partition coefficient (Wildman–Crippen LogP) is 5.34. The fourth-order valence-corrected chi connectivity index (χ4v) is 9.01. The first kappa shape index (κ1) is 33.4. The Morgan fingerprint density at radius 3 is 2.42 bits per heavy atom. The van der Waals surface area contributed by atoms with E-state index in [4.69, 9.17) is 4.74 Å².